The Balaban J connectivity index is 1.58. The molecule has 1 aliphatic carbocycles. The number of aromatic nitrogens is 1. The van der Waals surface area contributed by atoms with Gasteiger partial charge >= 0.3 is 0 Å². The van der Waals surface area contributed by atoms with E-state index in [4.69, 9.17) is 0 Å². The highest BCUT2D eigenvalue weighted by molar-refractivity contribution is 6.01. The number of nitrogens with one attached hydrogen (secondary N) is 1. The van der Waals surface area contributed by atoms with Crippen LogP contribution >= 0.6 is 0 Å². The van der Waals surface area contributed by atoms with Crippen molar-refractivity contribution >= 4 is 11.8 Å². The van der Waals surface area contributed by atoms with E-state index in [1.807, 2.05) is 66.4 Å². The van der Waals surface area contributed by atoms with Gasteiger partial charge < -0.3 is 10.2 Å². The van der Waals surface area contributed by atoms with Crippen LogP contribution in [-0.4, -0.2) is 27.7 Å². The van der Waals surface area contributed by atoms with Crippen molar-refractivity contribution in [2.45, 2.75) is 44.3 Å². The zero-order valence-corrected chi connectivity index (χ0v) is 17.5. The quantitative estimate of drug-likeness (QED) is 0.686. The summed E-state index contributed by atoms with van der Waals surface area (Å²) in [5, 5.41) is 3.10. The molecule has 1 aliphatic heterocycles. The molecule has 2 heterocycles. The standard InChI is InChI=1S/C26H25N3O2/c1-17-6-4-8-19(14-17)24-23(25(30)28-16-18-7-5-13-27-15-18)21-9-2-3-10-22(21)26(31)29(24)20-11-12-20/h2-10,13-15,20,23-24H,11-12,16H2,1H3,(H,28,30)/t23-,24-/m1/s1. The van der Waals surface area contributed by atoms with Crippen LogP contribution in [0.2, 0.25) is 0 Å². The van der Waals surface area contributed by atoms with Gasteiger partial charge in [-0.3, -0.25) is 14.6 Å². The van der Waals surface area contributed by atoms with Gasteiger partial charge in [-0.2, -0.15) is 0 Å². The van der Waals surface area contributed by atoms with Gasteiger partial charge in [0.25, 0.3) is 5.91 Å². The molecule has 0 unspecified atom stereocenters. The van der Waals surface area contributed by atoms with Gasteiger partial charge in [0.15, 0.2) is 0 Å². The zero-order chi connectivity index (χ0) is 21.4. The molecule has 1 fully saturated rings. The van der Waals surface area contributed by atoms with Crippen molar-refractivity contribution in [3.05, 3.63) is 101 Å². The van der Waals surface area contributed by atoms with Crippen molar-refractivity contribution in [1.29, 1.82) is 0 Å². The van der Waals surface area contributed by atoms with Crippen molar-refractivity contribution in [2.75, 3.05) is 0 Å². The summed E-state index contributed by atoms with van der Waals surface area (Å²) in [7, 11) is 0. The van der Waals surface area contributed by atoms with Gasteiger partial charge in [0.1, 0.15) is 0 Å². The van der Waals surface area contributed by atoms with Gasteiger partial charge in [-0.15, -0.1) is 0 Å². The van der Waals surface area contributed by atoms with Gasteiger partial charge in [0.2, 0.25) is 5.91 Å². The molecule has 1 saturated carbocycles. The first-order valence-electron chi connectivity index (χ1n) is 10.8. The highest BCUT2D eigenvalue weighted by Gasteiger charge is 2.48. The van der Waals surface area contributed by atoms with Gasteiger partial charge in [0, 0.05) is 30.5 Å². The Morgan fingerprint density at radius 3 is 2.68 bits per heavy atom. The fourth-order valence-corrected chi connectivity index (χ4v) is 4.60. The number of pyridine rings is 1. The molecule has 0 saturated heterocycles. The lowest BCUT2D eigenvalue weighted by Gasteiger charge is -2.42. The van der Waals surface area contributed by atoms with E-state index in [-0.39, 0.29) is 23.9 Å². The third-order valence-electron chi connectivity index (χ3n) is 6.17. The molecule has 0 radical (unpaired) electrons. The molecule has 5 nitrogen and oxygen atoms in total. The highest BCUT2D eigenvalue weighted by Crippen LogP contribution is 2.47. The molecule has 5 rings (SSSR count). The number of fused-ring (bicyclic) bond motifs is 1. The Morgan fingerprint density at radius 2 is 1.94 bits per heavy atom. The van der Waals surface area contributed by atoms with Gasteiger partial charge in [-0.25, -0.2) is 0 Å². The third-order valence-corrected chi connectivity index (χ3v) is 6.17. The molecule has 1 N–H and O–H groups in total. The highest BCUT2D eigenvalue weighted by atomic mass is 16.2. The van der Waals surface area contributed by atoms with Crippen molar-refractivity contribution in [3.63, 3.8) is 0 Å². The van der Waals surface area contributed by atoms with Crippen LogP contribution in [0.5, 0.6) is 0 Å². The van der Waals surface area contributed by atoms with E-state index in [0.717, 1.165) is 35.1 Å². The maximum atomic E-state index is 13.6. The number of amides is 2. The smallest absolute Gasteiger partial charge is 0.254 e. The number of hydrogen-bond donors (Lipinski definition) is 1. The molecule has 2 amide bonds. The molecule has 1 aromatic heterocycles. The van der Waals surface area contributed by atoms with Crippen LogP contribution in [0.1, 0.15) is 57.4 Å². The molecule has 0 bridgehead atoms. The lowest BCUT2D eigenvalue weighted by Crippen LogP contribution is -2.48. The average Bonchev–Trinajstić information content (AvgIpc) is 3.63. The van der Waals surface area contributed by atoms with E-state index in [1.165, 1.54) is 0 Å². The Morgan fingerprint density at radius 1 is 1.10 bits per heavy atom. The minimum atomic E-state index is -0.465. The first-order valence-corrected chi connectivity index (χ1v) is 10.8. The van der Waals surface area contributed by atoms with Gasteiger partial charge in [-0.05, 0) is 48.6 Å². The molecule has 2 atom stereocenters. The summed E-state index contributed by atoms with van der Waals surface area (Å²) in [6.07, 6.45) is 5.45. The number of aryl methyl sites for hydroxylation is 1. The maximum Gasteiger partial charge on any atom is 0.254 e. The second-order valence-corrected chi connectivity index (χ2v) is 8.45. The lowest BCUT2D eigenvalue weighted by molar-refractivity contribution is -0.124. The van der Waals surface area contributed by atoms with Crippen LogP contribution in [-0.2, 0) is 11.3 Å². The topological polar surface area (TPSA) is 62.3 Å². The molecule has 156 valence electrons. The Kier molecular flexibility index (Phi) is 5.02. The van der Waals surface area contributed by atoms with E-state index in [9.17, 15) is 9.59 Å². The minimum Gasteiger partial charge on any atom is -0.351 e. The van der Waals surface area contributed by atoms with Crippen molar-refractivity contribution in [2.24, 2.45) is 0 Å². The monoisotopic (exact) mass is 411 g/mol. The average molecular weight is 412 g/mol. The molecule has 3 aromatic rings. The molecular formula is C26H25N3O2. The summed E-state index contributed by atoms with van der Waals surface area (Å²) >= 11 is 0. The van der Waals surface area contributed by atoms with Crippen LogP contribution in [0.25, 0.3) is 0 Å². The summed E-state index contributed by atoms with van der Waals surface area (Å²) in [5.41, 5.74) is 4.52. The van der Waals surface area contributed by atoms with E-state index < -0.39 is 5.92 Å². The predicted molar refractivity (Wildman–Crippen MR) is 118 cm³/mol. The minimum absolute atomic E-state index is 0.0286. The first kappa shape index (κ1) is 19.5. The number of hydrogen-bond acceptors (Lipinski definition) is 3. The van der Waals surface area contributed by atoms with Crippen LogP contribution in [0.15, 0.2) is 73.1 Å². The zero-order valence-electron chi connectivity index (χ0n) is 17.5. The molecule has 2 aliphatic rings. The Labute approximate surface area is 182 Å². The van der Waals surface area contributed by atoms with Crippen LogP contribution in [0, 0.1) is 6.92 Å². The number of carbonyl (C=O) groups is 2. The van der Waals surface area contributed by atoms with E-state index in [2.05, 4.69) is 16.4 Å². The molecule has 31 heavy (non-hydrogen) atoms. The van der Waals surface area contributed by atoms with Gasteiger partial charge in [0.05, 0.1) is 12.0 Å². The van der Waals surface area contributed by atoms with E-state index in [1.54, 1.807) is 12.4 Å². The maximum absolute atomic E-state index is 13.6. The molecular weight excluding hydrogens is 386 g/mol. The third kappa shape index (κ3) is 3.72. The summed E-state index contributed by atoms with van der Waals surface area (Å²) in [6, 6.07) is 19.4. The fourth-order valence-electron chi connectivity index (χ4n) is 4.60. The molecule has 0 spiro atoms. The second kappa shape index (κ2) is 7.99. The van der Waals surface area contributed by atoms with Crippen LogP contribution in [0.3, 0.4) is 0 Å². The molecule has 5 heteroatoms. The van der Waals surface area contributed by atoms with Crippen LogP contribution < -0.4 is 5.32 Å². The first-order chi connectivity index (χ1) is 15.1. The van der Waals surface area contributed by atoms with E-state index in [0.29, 0.717) is 12.1 Å². The normalized spacial score (nSPS) is 20.3. The summed E-state index contributed by atoms with van der Waals surface area (Å²) in [5.74, 6) is -0.505. The van der Waals surface area contributed by atoms with Crippen LogP contribution in [0.4, 0.5) is 0 Å². The number of benzene rings is 2. The van der Waals surface area contributed by atoms with Crippen molar-refractivity contribution < 1.29 is 9.59 Å². The molecule has 2 aromatic carbocycles. The summed E-state index contributed by atoms with van der Waals surface area (Å²) in [4.78, 5) is 33.2. The van der Waals surface area contributed by atoms with Gasteiger partial charge in [-0.1, -0.05) is 54.1 Å². The number of nitrogens with zero attached hydrogens (tertiary/aromatic N) is 2. The van der Waals surface area contributed by atoms with Crippen molar-refractivity contribution in [3.8, 4) is 0 Å². The van der Waals surface area contributed by atoms with Crippen molar-refractivity contribution in [1.82, 2.24) is 15.2 Å². The number of rotatable bonds is 5. The van der Waals surface area contributed by atoms with E-state index >= 15 is 0 Å². The number of carbonyl (C=O) groups excluding carboxylic acids is 2. The largest absolute Gasteiger partial charge is 0.351 e. The summed E-state index contributed by atoms with van der Waals surface area (Å²) in [6.45, 7) is 2.45. The SMILES string of the molecule is Cc1cccc([C@@H]2[C@H](C(=O)NCc3cccnc3)c3ccccc3C(=O)N2C2CC2)c1. The Bertz CT molecular complexity index is 1120. The summed E-state index contributed by atoms with van der Waals surface area (Å²) < 4.78 is 0. The fraction of sp³-hybridized carbons (Fsp3) is 0.269. The lowest BCUT2D eigenvalue weighted by atomic mass is 9.78. The second-order valence-electron chi connectivity index (χ2n) is 8.45. The predicted octanol–water partition coefficient (Wildman–Crippen LogP) is 4.15. The Hall–Kier alpha value is -3.47.